The summed E-state index contributed by atoms with van der Waals surface area (Å²) in [4.78, 5) is 4.13. The van der Waals surface area contributed by atoms with E-state index in [0.717, 1.165) is 19.4 Å². The van der Waals surface area contributed by atoms with Gasteiger partial charge in [0, 0.05) is 38.0 Å². The highest BCUT2D eigenvalue weighted by molar-refractivity contribution is 7.89. The van der Waals surface area contributed by atoms with Crippen LogP contribution in [0.2, 0.25) is 0 Å². The van der Waals surface area contributed by atoms with E-state index in [2.05, 4.69) is 15.0 Å². The summed E-state index contributed by atoms with van der Waals surface area (Å²) < 4.78 is 33.0. The second-order valence-electron chi connectivity index (χ2n) is 5.28. The molecule has 2 heterocycles. The van der Waals surface area contributed by atoms with Crippen molar-refractivity contribution < 1.29 is 13.2 Å². The van der Waals surface area contributed by atoms with Crippen LogP contribution in [0.3, 0.4) is 0 Å². The Kier molecular flexibility index (Phi) is 5.55. The van der Waals surface area contributed by atoms with Gasteiger partial charge in [-0.1, -0.05) is 6.92 Å². The molecule has 0 amide bonds. The number of pyridine rings is 1. The van der Waals surface area contributed by atoms with Crippen molar-refractivity contribution in [2.75, 3.05) is 25.0 Å². The summed E-state index contributed by atoms with van der Waals surface area (Å²) in [6, 6.07) is 1.69. The maximum Gasteiger partial charge on any atom is 0.244 e. The Bertz CT molecular complexity index is 562. The maximum atomic E-state index is 12.4. The zero-order valence-corrected chi connectivity index (χ0v) is 13.3. The van der Waals surface area contributed by atoms with E-state index in [1.165, 1.54) is 6.20 Å². The minimum atomic E-state index is -3.56. The predicted octanol–water partition coefficient (Wildman–Crippen LogP) is 1.61. The van der Waals surface area contributed by atoms with E-state index >= 15 is 0 Å². The maximum absolute atomic E-state index is 12.4. The van der Waals surface area contributed by atoms with Crippen molar-refractivity contribution in [2.24, 2.45) is 5.92 Å². The predicted molar refractivity (Wildman–Crippen MR) is 81.7 cm³/mol. The van der Waals surface area contributed by atoms with E-state index in [1.54, 1.807) is 12.3 Å². The fourth-order valence-electron chi connectivity index (χ4n) is 2.34. The first-order chi connectivity index (χ1) is 10.0. The average Bonchev–Trinajstić information content (AvgIpc) is 2.89. The summed E-state index contributed by atoms with van der Waals surface area (Å²) in [5, 5.41) is 3.12. The number of anilines is 1. The molecule has 1 saturated heterocycles. The lowest BCUT2D eigenvalue weighted by Crippen LogP contribution is -2.32. The summed E-state index contributed by atoms with van der Waals surface area (Å²) >= 11 is 0. The van der Waals surface area contributed by atoms with Crippen LogP contribution in [0.4, 0.5) is 5.69 Å². The Morgan fingerprint density at radius 1 is 1.48 bits per heavy atom. The molecule has 118 valence electrons. The molecule has 6 nitrogen and oxygen atoms in total. The molecule has 0 aliphatic carbocycles. The van der Waals surface area contributed by atoms with Gasteiger partial charge in [0.1, 0.15) is 4.90 Å². The van der Waals surface area contributed by atoms with E-state index < -0.39 is 10.0 Å². The number of hydrogen-bond donors (Lipinski definition) is 2. The van der Waals surface area contributed by atoms with Crippen LogP contribution < -0.4 is 10.0 Å². The lowest BCUT2D eigenvalue weighted by atomic mass is 10.0. The summed E-state index contributed by atoms with van der Waals surface area (Å²) in [7, 11) is -3.56. The first-order valence-corrected chi connectivity index (χ1v) is 8.82. The Morgan fingerprint density at radius 2 is 2.29 bits per heavy atom. The SMILES string of the molecule is CCCNc1ccncc1S(=O)(=O)NCC1CCOC1C. The van der Waals surface area contributed by atoms with Gasteiger partial charge in [0.05, 0.1) is 11.8 Å². The molecular formula is C14H23N3O3S. The molecule has 0 aromatic carbocycles. The zero-order chi connectivity index (χ0) is 15.3. The smallest absolute Gasteiger partial charge is 0.244 e. The third-order valence-corrected chi connectivity index (χ3v) is 5.16. The van der Waals surface area contributed by atoms with E-state index in [4.69, 9.17) is 4.74 Å². The quantitative estimate of drug-likeness (QED) is 0.799. The van der Waals surface area contributed by atoms with Crippen molar-refractivity contribution in [3.63, 3.8) is 0 Å². The highest BCUT2D eigenvalue weighted by atomic mass is 32.2. The van der Waals surface area contributed by atoms with Crippen LogP contribution in [0.5, 0.6) is 0 Å². The molecule has 7 heteroatoms. The summed E-state index contributed by atoms with van der Waals surface area (Å²) in [6.07, 6.45) is 4.88. The Balaban J connectivity index is 2.08. The zero-order valence-electron chi connectivity index (χ0n) is 12.5. The van der Waals surface area contributed by atoms with Gasteiger partial charge >= 0.3 is 0 Å². The second-order valence-corrected chi connectivity index (χ2v) is 7.01. The van der Waals surface area contributed by atoms with Crippen LogP contribution >= 0.6 is 0 Å². The summed E-state index contributed by atoms with van der Waals surface area (Å²) in [5.74, 6) is 0.225. The van der Waals surface area contributed by atoms with Crippen LogP contribution in [0.15, 0.2) is 23.4 Å². The Labute approximate surface area is 126 Å². The normalized spacial score (nSPS) is 22.4. The van der Waals surface area contributed by atoms with Gasteiger partial charge in [0.15, 0.2) is 0 Å². The van der Waals surface area contributed by atoms with Crippen LogP contribution in [-0.2, 0) is 14.8 Å². The molecule has 0 radical (unpaired) electrons. The fourth-order valence-corrected chi connectivity index (χ4v) is 3.56. The minimum Gasteiger partial charge on any atom is -0.384 e. The molecule has 1 aliphatic heterocycles. The number of rotatable bonds is 7. The Morgan fingerprint density at radius 3 is 2.95 bits per heavy atom. The van der Waals surface area contributed by atoms with Crippen LogP contribution in [0.25, 0.3) is 0 Å². The van der Waals surface area contributed by atoms with E-state index in [-0.39, 0.29) is 16.9 Å². The number of aromatic nitrogens is 1. The lowest BCUT2D eigenvalue weighted by Gasteiger charge is -2.16. The molecule has 0 saturated carbocycles. The molecular weight excluding hydrogens is 290 g/mol. The standard InChI is InChI=1S/C14H23N3O3S/c1-3-6-16-13-4-7-15-10-14(13)21(18,19)17-9-12-5-8-20-11(12)2/h4,7,10-12,17H,3,5-6,8-9H2,1-2H3,(H,15,16). The molecule has 21 heavy (non-hydrogen) atoms. The van der Waals surface area contributed by atoms with Gasteiger partial charge < -0.3 is 10.1 Å². The van der Waals surface area contributed by atoms with E-state index in [9.17, 15) is 8.42 Å². The number of nitrogens with zero attached hydrogens (tertiary/aromatic N) is 1. The lowest BCUT2D eigenvalue weighted by molar-refractivity contribution is 0.107. The van der Waals surface area contributed by atoms with Crippen LogP contribution in [-0.4, -0.2) is 39.2 Å². The van der Waals surface area contributed by atoms with Gasteiger partial charge in [-0.05, 0) is 25.8 Å². The second kappa shape index (κ2) is 7.20. The molecule has 2 unspecified atom stereocenters. The molecule has 0 bridgehead atoms. The van der Waals surface area contributed by atoms with Crippen molar-refractivity contribution >= 4 is 15.7 Å². The van der Waals surface area contributed by atoms with Crippen molar-refractivity contribution in [1.82, 2.24) is 9.71 Å². The topological polar surface area (TPSA) is 80.3 Å². The van der Waals surface area contributed by atoms with Gasteiger partial charge in [-0.15, -0.1) is 0 Å². The summed E-state index contributed by atoms with van der Waals surface area (Å²) in [5.41, 5.74) is 0.593. The largest absolute Gasteiger partial charge is 0.384 e. The van der Waals surface area contributed by atoms with Gasteiger partial charge in [0.2, 0.25) is 10.0 Å². The van der Waals surface area contributed by atoms with Gasteiger partial charge in [-0.25, -0.2) is 13.1 Å². The van der Waals surface area contributed by atoms with E-state index in [0.29, 0.717) is 18.8 Å². The van der Waals surface area contributed by atoms with Gasteiger partial charge in [0.25, 0.3) is 0 Å². The number of nitrogens with one attached hydrogen (secondary N) is 2. The third kappa shape index (κ3) is 4.15. The molecule has 1 aliphatic rings. The molecule has 2 atom stereocenters. The van der Waals surface area contributed by atoms with Crippen molar-refractivity contribution in [3.8, 4) is 0 Å². The average molecular weight is 313 g/mol. The van der Waals surface area contributed by atoms with Crippen molar-refractivity contribution in [3.05, 3.63) is 18.5 Å². The molecule has 1 aromatic heterocycles. The first kappa shape index (κ1) is 16.2. The van der Waals surface area contributed by atoms with Crippen LogP contribution in [0.1, 0.15) is 26.7 Å². The van der Waals surface area contributed by atoms with Gasteiger partial charge in [-0.2, -0.15) is 0 Å². The number of ether oxygens (including phenoxy) is 1. The van der Waals surface area contributed by atoms with E-state index in [1.807, 2.05) is 13.8 Å². The molecule has 2 N–H and O–H groups in total. The Hall–Kier alpha value is -1.18. The molecule has 0 spiro atoms. The van der Waals surface area contributed by atoms with Crippen molar-refractivity contribution in [2.45, 2.75) is 37.7 Å². The molecule has 2 rings (SSSR count). The van der Waals surface area contributed by atoms with Gasteiger partial charge in [-0.3, -0.25) is 4.98 Å². The highest BCUT2D eigenvalue weighted by Gasteiger charge is 2.27. The molecule has 1 aromatic rings. The minimum absolute atomic E-state index is 0.0966. The first-order valence-electron chi connectivity index (χ1n) is 7.33. The van der Waals surface area contributed by atoms with Crippen molar-refractivity contribution in [1.29, 1.82) is 0 Å². The summed E-state index contributed by atoms with van der Waals surface area (Å²) in [6.45, 7) is 5.82. The number of sulfonamides is 1. The third-order valence-electron chi connectivity index (χ3n) is 3.71. The highest BCUT2D eigenvalue weighted by Crippen LogP contribution is 2.22. The fraction of sp³-hybridized carbons (Fsp3) is 0.643. The monoisotopic (exact) mass is 313 g/mol. The molecule has 1 fully saturated rings. The van der Waals surface area contributed by atoms with Crippen LogP contribution in [0, 0.1) is 5.92 Å². The number of hydrogen-bond acceptors (Lipinski definition) is 5.